The van der Waals surface area contributed by atoms with Gasteiger partial charge in [0.25, 0.3) is 0 Å². The van der Waals surface area contributed by atoms with E-state index in [4.69, 9.17) is 9.84 Å². The van der Waals surface area contributed by atoms with Crippen molar-refractivity contribution < 1.29 is 19.4 Å². The molecule has 0 bridgehead atoms. The Bertz CT molecular complexity index is 344. The van der Waals surface area contributed by atoms with Crippen molar-refractivity contribution in [2.45, 2.75) is 32.2 Å². The largest absolute Gasteiger partial charge is 0.480 e. The Labute approximate surface area is 113 Å². The molecule has 1 aliphatic carbocycles. The van der Waals surface area contributed by atoms with Gasteiger partial charge in [-0.05, 0) is 31.1 Å². The van der Waals surface area contributed by atoms with Crippen LogP contribution in [-0.4, -0.2) is 54.4 Å². The number of ether oxygens (including phenoxy) is 1. The Morgan fingerprint density at radius 1 is 1.37 bits per heavy atom. The van der Waals surface area contributed by atoms with Gasteiger partial charge in [-0.15, -0.1) is 0 Å². The molecule has 0 radical (unpaired) electrons. The summed E-state index contributed by atoms with van der Waals surface area (Å²) in [7, 11) is 0. The second kappa shape index (κ2) is 6.23. The van der Waals surface area contributed by atoms with E-state index in [2.05, 4.69) is 5.32 Å². The molecule has 6 nitrogen and oxygen atoms in total. The summed E-state index contributed by atoms with van der Waals surface area (Å²) in [5, 5.41) is 11.8. The lowest BCUT2D eigenvalue weighted by Gasteiger charge is -2.32. The first-order chi connectivity index (χ1) is 9.06. The van der Waals surface area contributed by atoms with Gasteiger partial charge < -0.3 is 20.1 Å². The predicted octanol–water partition coefficient (Wildman–Crippen LogP) is 0.918. The highest BCUT2D eigenvalue weighted by atomic mass is 16.5. The summed E-state index contributed by atoms with van der Waals surface area (Å²) in [6.07, 6.45) is 2.98. The van der Waals surface area contributed by atoms with Crippen LogP contribution in [0.1, 0.15) is 26.2 Å². The van der Waals surface area contributed by atoms with Gasteiger partial charge in [0.1, 0.15) is 6.54 Å². The quantitative estimate of drug-likeness (QED) is 0.778. The van der Waals surface area contributed by atoms with Crippen molar-refractivity contribution in [2.24, 2.45) is 11.8 Å². The van der Waals surface area contributed by atoms with Gasteiger partial charge in [0.2, 0.25) is 0 Å². The van der Waals surface area contributed by atoms with Crippen molar-refractivity contribution in [3.8, 4) is 0 Å². The van der Waals surface area contributed by atoms with E-state index in [0.29, 0.717) is 25.7 Å². The first-order valence-electron chi connectivity index (χ1n) is 6.91. The fraction of sp³-hybridized carbons (Fsp3) is 0.846. The molecular formula is C13H22N2O4. The minimum Gasteiger partial charge on any atom is -0.480 e. The van der Waals surface area contributed by atoms with E-state index in [1.165, 1.54) is 4.90 Å². The van der Waals surface area contributed by atoms with Crippen LogP contribution in [0.4, 0.5) is 4.79 Å². The van der Waals surface area contributed by atoms with Gasteiger partial charge >= 0.3 is 12.0 Å². The topological polar surface area (TPSA) is 78.9 Å². The standard InChI is InChI=1S/C13H22N2O4/c1-9-8-19-5-4-11(9)14-13(18)15(7-12(16)17)6-10-2-3-10/h9-11H,2-8H2,1H3,(H,14,18)(H,16,17). The highest BCUT2D eigenvalue weighted by Crippen LogP contribution is 2.29. The number of carboxylic acid groups (broad SMARTS) is 1. The lowest BCUT2D eigenvalue weighted by Crippen LogP contribution is -2.51. The van der Waals surface area contributed by atoms with Gasteiger partial charge in [-0.1, -0.05) is 6.92 Å². The van der Waals surface area contributed by atoms with Gasteiger partial charge in [-0.25, -0.2) is 4.79 Å². The number of carboxylic acids is 1. The van der Waals surface area contributed by atoms with E-state index < -0.39 is 5.97 Å². The molecule has 0 spiro atoms. The summed E-state index contributed by atoms with van der Waals surface area (Å²) in [5.41, 5.74) is 0. The lowest BCUT2D eigenvalue weighted by atomic mass is 9.98. The zero-order valence-electron chi connectivity index (χ0n) is 11.3. The average molecular weight is 270 g/mol. The minimum absolute atomic E-state index is 0.0803. The summed E-state index contributed by atoms with van der Waals surface area (Å²) in [5.74, 6) is -0.210. The van der Waals surface area contributed by atoms with E-state index in [9.17, 15) is 9.59 Å². The number of aliphatic carboxylic acids is 1. The number of carbonyl (C=O) groups is 2. The zero-order valence-corrected chi connectivity index (χ0v) is 11.3. The summed E-state index contributed by atoms with van der Waals surface area (Å²) in [4.78, 5) is 24.4. The third-order valence-electron chi connectivity index (χ3n) is 3.74. The fourth-order valence-electron chi connectivity index (χ4n) is 2.34. The maximum atomic E-state index is 12.2. The molecule has 2 unspecified atom stereocenters. The maximum Gasteiger partial charge on any atom is 0.323 e. The molecular weight excluding hydrogens is 248 g/mol. The summed E-state index contributed by atoms with van der Waals surface area (Å²) >= 11 is 0. The number of hydrogen-bond donors (Lipinski definition) is 2. The molecule has 2 N–H and O–H groups in total. The summed E-state index contributed by atoms with van der Waals surface area (Å²) in [6.45, 7) is 3.66. The zero-order chi connectivity index (χ0) is 13.8. The molecule has 1 aliphatic heterocycles. The lowest BCUT2D eigenvalue weighted by molar-refractivity contribution is -0.137. The number of amides is 2. The molecule has 6 heteroatoms. The SMILES string of the molecule is CC1COCCC1NC(=O)N(CC(=O)O)CC1CC1. The first-order valence-corrected chi connectivity index (χ1v) is 6.91. The van der Waals surface area contributed by atoms with Crippen molar-refractivity contribution in [3.05, 3.63) is 0 Å². The highest BCUT2D eigenvalue weighted by molar-refractivity contribution is 5.80. The number of rotatable bonds is 5. The highest BCUT2D eigenvalue weighted by Gasteiger charge is 2.30. The van der Waals surface area contributed by atoms with Crippen LogP contribution in [-0.2, 0) is 9.53 Å². The first kappa shape index (κ1) is 14.1. The Morgan fingerprint density at radius 2 is 2.11 bits per heavy atom. The van der Waals surface area contributed by atoms with Crippen LogP contribution in [0.25, 0.3) is 0 Å². The van der Waals surface area contributed by atoms with Gasteiger partial charge in [0.05, 0.1) is 6.61 Å². The Kier molecular flexibility index (Phi) is 4.63. The van der Waals surface area contributed by atoms with Crippen LogP contribution in [0.2, 0.25) is 0 Å². The van der Waals surface area contributed by atoms with Crippen LogP contribution in [0, 0.1) is 11.8 Å². The van der Waals surface area contributed by atoms with Crippen LogP contribution < -0.4 is 5.32 Å². The van der Waals surface area contributed by atoms with Gasteiger partial charge in [0, 0.05) is 19.2 Å². The minimum atomic E-state index is -0.962. The molecule has 2 atom stereocenters. The number of nitrogens with one attached hydrogen (secondary N) is 1. The van der Waals surface area contributed by atoms with Crippen molar-refractivity contribution in [2.75, 3.05) is 26.3 Å². The van der Waals surface area contributed by atoms with Crippen LogP contribution in [0.3, 0.4) is 0 Å². The third kappa shape index (κ3) is 4.38. The van der Waals surface area contributed by atoms with E-state index in [1.54, 1.807) is 0 Å². The molecule has 2 amide bonds. The van der Waals surface area contributed by atoms with E-state index in [0.717, 1.165) is 19.3 Å². The molecule has 2 rings (SSSR count). The number of carbonyl (C=O) groups excluding carboxylic acids is 1. The maximum absolute atomic E-state index is 12.2. The molecule has 0 aromatic rings. The Balaban J connectivity index is 1.87. The van der Waals surface area contributed by atoms with E-state index in [1.807, 2.05) is 6.92 Å². The molecule has 19 heavy (non-hydrogen) atoms. The van der Waals surface area contributed by atoms with Crippen molar-refractivity contribution in [3.63, 3.8) is 0 Å². The van der Waals surface area contributed by atoms with Crippen LogP contribution in [0.15, 0.2) is 0 Å². The monoisotopic (exact) mass is 270 g/mol. The molecule has 1 heterocycles. The summed E-state index contributed by atoms with van der Waals surface area (Å²) < 4.78 is 5.33. The predicted molar refractivity (Wildman–Crippen MR) is 68.9 cm³/mol. The third-order valence-corrected chi connectivity index (χ3v) is 3.74. The summed E-state index contributed by atoms with van der Waals surface area (Å²) in [6, 6.07) is -0.176. The van der Waals surface area contributed by atoms with Crippen LogP contribution in [0.5, 0.6) is 0 Å². The molecule has 2 fully saturated rings. The molecule has 108 valence electrons. The van der Waals surface area contributed by atoms with Crippen molar-refractivity contribution in [1.29, 1.82) is 0 Å². The molecule has 1 saturated heterocycles. The average Bonchev–Trinajstić information content (AvgIpc) is 3.14. The molecule has 2 aliphatic rings. The number of hydrogen-bond acceptors (Lipinski definition) is 3. The number of urea groups is 1. The second-order valence-electron chi connectivity index (χ2n) is 5.61. The molecule has 0 aromatic carbocycles. The smallest absolute Gasteiger partial charge is 0.323 e. The van der Waals surface area contributed by atoms with Gasteiger partial charge in [-0.3, -0.25) is 4.79 Å². The molecule has 0 aromatic heterocycles. The van der Waals surface area contributed by atoms with Crippen molar-refractivity contribution in [1.82, 2.24) is 10.2 Å². The van der Waals surface area contributed by atoms with E-state index in [-0.39, 0.29) is 24.5 Å². The Hall–Kier alpha value is -1.30. The van der Waals surface area contributed by atoms with Gasteiger partial charge in [0.15, 0.2) is 0 Å². The van der Waals surface area contributed by atoms with Crippen LogP contribution >= 0.6 is 0 Å². The Morgan fingerprint density at radius 3 is 2.68 bits per heavy atom. The van der Waals surface area contributed by atoms with Gasteiger partial charge in [-0.2, -0.15) is 0 Å². The number of nitrogens with zero attached hydrogens (tertiary/aromatic N) is 1. The van der Waals surface area contributed by atoms with Crippen molar-refractivity contribution >= 4 is 12.0 Å². The van der Waals surface area contributed by atoms with E-state index >= 15 is 0 Å². The molecule has 1 saturated carbocycles. The normalized spacial score (nSPS) is 26.8. The second-order valence-corrected chi connectivity index (χ2v) is 5.61. The fourth-order valence-corrected chi connectivity index (χ4v) is 2.34.